The summed E-state index contributed by atoms with van der Waals surface area (Å²) < 4.78 is 16.6. The van der Waals surface area contributed by atoms with E-state index in [9.17, 15) is 0 Å². The van der Waals surface area contributed by atoms with Gasteiger partial charge in [-0.05, 0) is 36.4 Å². The van der Waals surface area contributed by atoms with E-state index >= 15 is 0 Å². The highest BCUT2D eigenvalue weighted by Crippen LogP contribution is 2.25. The molecule has 2 aromatic heterocycles. The van der Waals surface area contributed by atoms with E-state index in [0.717, 1.165) is 72.7 Å². The average Bonchev–Trinajstić information content (AvgIpc) is 3.41. The molecule has 1 N–H and O–H groups in total. The SMILES string of the molecule is COc1cccc(OCCN2CCN(c3nc(NCc4ccco4)c4ccccc4n3)CC2)c1. The van der Waals surface area contributed by atoms with Crippen molar-refractivity contribution in [3.8, 4) is 11.5 Å². The first-order valence-electron chi connectivity index (χ1n) is 11.6. The number of rotatable bonds is 9. The molecule has 0 spiro atoms. The van der Waals surface area contributed by atoms with Gasteiger partial charge in [0.05, 0.1) is 25.4 Å². The number of furan rings is 1. The van der Waals surface area contributed by atoms with Crippen molar-refractivity contribution in [2.75, 3.05) is 56.7 Å². The molecule has 0 radical (unpaired) electrons. The van der Waals surface area contributed by atoms with Crippen LogP contribution in [-0.2, 0) is 6.54 Å². The Morgan fingerprint density at radius 1 is 0.941 bits per heavy atom. The maximum Gasteiger partial charge on any atom is 0.227 e. The first-order valence-corrected chi connectivity index (χ1v) is 11.6. The monoisotopic (exact) mass is 459 g/mol. The number of aromatic nitrogens is 2. The quantitative estimate of drug-likeness (QED) is 0.402. The van der Waals surface area contributed by atoms with Crippen LogP contribution in [0.5, 0.6) is 11.5 Å². The molecule has 0 aliphatic carbocycles. The van der Waals surface area contributed by atoms with Crippen LogP contribution >= 0.6 is 0 Å². The number of para-hydroxylation sites is 1. The minimum absolute atomic E-state index is 0.578. The lowest BCUT2D eigenvalue weighted by Crippen LogP contribution is -2.48. The van der Waals surface area contributed by atoms with Crippen LogP contribution in [0, 0.1) is 0 Å². The first-order chi connectivity index (χ1) is 16.8. The van der Waals surface area contributed by atoms with E-state index in [4.69, 9.17) is 23.9 Å². The highest BCUT2D eigenvalue weighted by molar-refractivity contribution is 5.90. The highest BCUT2D eigenvalue weighted by Gasteiger charge is 2.20. The van der Waals surface area contributed by atoms with Gasteiger partial charge < -0.3 is 24.1 Å². The van der Waals surface area contributed by atoms with Gasteiger partial charge in [-0.15, -0.1) is 0 Å². The third-order valence-electron chi connectivity index (χ3n) is 5.97. The lowest BCUT2D eigenvalue weighted by molar-refractivity contribution is 0.200. The zero-order valence-electron chi connectivity index (χ0n) is 19.3. The number of methoxy groups -OCH3 is 1. The molecule has 1 saturated heterocycles. The van der Waals surface area contributed by atoms with Crippen LogP contribution in [0.25, 0.3) is 10.9 Å². The molecule has 8 nitrogen and oxygen atoms in total. The smallest absolute Gasteiger partial charge is 0.227 e. The molecule has 0 unspecified atom stereocenters. The second-order valence-electron chi connectivity index (χ2n) is 8.18. The number of benzene rings is 2. The van der Waals surface area contributed by atoms with E-state index in [-0.39, 0.29) is 0 Å². The Hall–Kier alpha value is -3.78. The fraction of sp³-hybridized carbons (Fsp3) is 0.308. The van der Waals surface area contributed by atoms with Crippen LogP contribution in [0.2, 0.25) is 0 Å². The third-order valence-corrected chi connectivity index (χ3v) is 5.97. The van der Waals surface area contributed by atoms with Gasteiger partial charge in [0.15, 0.2) is 0 Å². The first kappa shape index (κ1) is 22.0. The van der Waals surface area contributed by atoms with Crippen molar-refractivity contribution in [1.29, 1.82) is 0 Å². The predicted octanol–water partition coefficient (Wildman–Crippen LogP) is 4.04. The van der Waals surface area contributed by atoms with Crippen LogP contribution < -0.4 is 19.7 Å². The Morgan fingerprint density at radius 3 is 2.62 bits per heavy atom. The summed E-state index contributed by atoms with van der Waals surface area (Å²) in [6.07, 6.45) is 1.68. The molecule has 0 saturated carbocycles. The van der Waals surface area contributed by atoms with E-state index < -0.39 is 0 Å². The maximum absolute atomic E-state index is 5.91. The van der Waals surface area contributed by atoms with Crippen LogP contribution in [0.15, 0.2) is 71.3 Å². The van der Waals surface area contributed by atoms with E-state index in [1.165, 1.54) is 0 Å². The molecule has 0 amide bonds. The molecule has 5 rings (SSSR count). The molecule has 4 aromatic rings. The molecule has 0 bridgehead atoms. The van der Waals surface area contributed by atoms with Crippen molar-refractivity contribution < 1.29 is 13.9 Å². The molecule has 1 aliphatic rings. The predicted molar refractivity (Wildman–Crippen MR) is 133 cm³/mol. The summed E-state index contributed by atoms with van der Waals surface area (Å²) in [4.78, 5) is 14.4. The molecule has 1 aliphatic heterocycles. The van der Waals surface area contributed by atoms with Gasteiger partial charge in [-0.25, -0.2) is 4.98 Å². The summed E-state index contributed by atoms with van der Waals surface area (Å²) in [5.74, 6) is 4.09. The standard InChI is InChI=1S/C26H29N5O3/c1-32-20-6-4-7-21(18-20)34-17-15-30-11-13-31(14-12-30)26-28-24-10-3-2-9-23(24)25(29-26)27-19-22-8-5-16-33-22/h2-10,16,18H,11-15,17,19H2,1H3,(H,27,28,29). The fourth-order valence-corrected chi connectivity index (χ4v) is 4.08. The van der Waals surface area contributed by atoms with Gasteiger partial charge >= 0.3 is 0 Å². The van der Waals surface area contributed by atoms with Crippen molar-refractivity contribution in [2.24, 2.45) is 0 Å². The van der Waals surface area contributed by atoms with Crippen molar-refractivity contribution >= 4 is 22.7 Å². The van der Waals surface area contributed by atoms with E-state index in [1.807, 2.05) is 60.7 Å². The summed E-state index contributed by atoms with van der Waals surface area (Å²) in [7, 11) is 1.66. The lowest BCUT2D eigenvalue weighted by Gasteiger charge is -2.34. The summed E-state index contributed by atoms with van der Waals surface area (Å²) in [5, 5.41) is 4.43. The van der Waals surface area contributed by atoms with Crippen LogP contribution in [0.4, 0.5) is 11.8 Å². The summed E-state index contributed by atoms with van der Waals surface area (Å²) >= 11 is 0. The number of hydrogen-bond donors (Lipinski definition) is 1. The van der Waals surface area contributed by atoms with Gasteiger partial charge in [0.2, 0.25) is 5.95 Å². The van der Waals surface area contributed by atoms with Crippen molar-refractivity contribution in [2.45, 2.75) is 6.54 Å². The molecule has 34 heavy (non-hydrogen) atoms. The van der Waals surface area contributed by atoms with Gasteiger partial charge in [-0.3, -0.25) is 4.90 Å². The Bertz CT molecular complexity index is 1210. The highest BCUT2D eigenvalue weighted by atomic mass is 16.5. The van der Waals surface area contributed by atoms with Gasteiger partial charge in [-0.1, -0.05) is 18.2 Å². The summed E-state index contributed by atoms with van der Waals surface area (Å²) in [5.41, 5.74) is 0.934. The van der Waals surface area contributed by atoms with Crippen LogP contribution in [0.1, 0.15) is 5.76 Å². The van der Waals surface area contributed by atoms with E-state index in [2.05, 4.69) is 15.1 Å². The minimum atomic E-state index is 0.578. The fourth-order valence-electron chi connectivity index (χ4n) is 4.08. The van der Waals surface area contributed by atoms with E-state index in [0.29, 0.717) is 13.2 Å². The maximum atomic E-state index is 5.91. The number of anilines is 2. The number of nitrogens with zero attached hydrogens (tertiary/aromatic N) is 4. The molecule has 2 aromatic carbocycles. The van der Waals surface area contributed by atoms with Crippen LogP contribution in [0.3, 0.4) is 0 Å². The zero-order valence-corrected chi connectivity index (χ0v) is 19.3. The summed E-state index contributed by atoms with van der Waals surface area (Å²) in [6.45, 7) is 5.71. The van der Waals surface area contributed by atoms with Crippen molar-refractivity contribution in [3.63, 3.8) is 0 Å². The molecular formula is C26H29N5O3. The second-order valence-corrected chi connectivity index (χ2v) is 8.18. The number of hydrogen-bond acceptors (Lipinski definition) is 8. The van der Waals surface area contributed by atoms with Gasteiger partial charge in [0.25, 0.3) is 0 Å². The normalized spacial score (nSPS) is 14.3. The topological polar surface area (TPSA) is 75.9 Å². The third kappa shape index (κ3) is 5.23. The van der Waals surface area contributed by atoms with Gasteiger partial charge in [0.1, 0.15) is 29.7 Å². The van der Waals surface area contributed by atoms with Crippen molar-refractivity contribution in [1.82, 2.24) is 14.9 Å². The van der Waals surface area contributed by atoms with E-state index in [1.54, 1.807) is 13.4 Å². The minimum Gasteiger partial charge on any atom is -0.497 e. The van der Waals surface area contributed by atoms with Crippen molar-refractivity contribution in [3.05, 3.63) is 72.7 Å². The van der Waals surface area contributed by atoms with Crippen LogP contribution in [-0.4, -0.2) is 61.3 Å². The molecule has 176 valence electrons. The second kappa shape index (κ2) is 10.4. The summed E-state index contributed by atoms with van der Waals surface area (Å²) in [6, 6.07) is 19.7. The number of piperazine rings is 1. The number of ether oxygens (including phenoxy) is 2. The number of fused-ring (bicyclic) bond motifs is 1. The zero-order chi connectivity index (χ0) is 23.2. The Balaban J connectivity index is 1.19. The largest absolute Gasteiger partial charge is 0.497 e. The Kier molecular flexibility index (Phi) is 6.76. The van der Waals surface area contributed by atoms with Gasteiger partial charge in [0, 0.05) is 44.2 Å². The Morgan fingerprint density at radius 2 is 1.79 bits per heavy atom. The molecule has 0 atom stereocenters. The molecule has 8 heteroatoms. The lowest BCUT2D eigenvalue weighted by atomic mass is 10.2. The molecule has 1 fully saturated rings. The molecule has 3 heterocycles. The number of nitrogens with one attached hydrogen (secondary N) is 1. The molecular weight excluding hydrogens is 430 g/mol. The van der Waals surface area contributed by atoms with Gasteiger partial charge in [-0.2, -0.15) is 4.98 Å². The average molecular weight is 460 g/mol. The Labute approximate surface area is 199 Å².